The average Bonchev–Trinajstić information content (AvgIpc) is 2.15. The molecule has 5 nitrogen and oxygen atoms in total. The fraction of sp³-hybridized carbons (Fsp3) is 0.909. The summed E-state index contributed by atoms with van der Waals surface area (Å²) in [6, 6.07) is 0. The molecule has 96 valence electrons. The SMILES string of the molecule is CC(C)OCCOCCCC(C)(N)C(N)=O. The molecule has 0 aromatic carbocycles. The Morgan fingerprint density at radius 3 is 2.44 bits per heavy atom. The summed E-state index contributed by atoms with van der Waals surface area (Å²) >= 11 is 0. The Kier molecular flexibility index (Phi) is 7.29. The van der Waals surface area contributed by atoms with Crippen molar-refractivity contribution in [2.75, 3.05) is 19.8 Å². The third kappa shape index (κ3) is 7.62. The molecule has 0 aromatic rings. The lowest BCUT2D eigenvalue weighted by Crippen LogP contribution is -2.49. The molecule has 0 heterocycles. The van der Waals surface area contributed by atoms with Gasteiger partial charge < -0.3 is 20.9 Å². The van der Waals surface area contributed by atoms with E-state index in [0.29, 0.717) is 26.2 Å². The number of nitrogens with two attached hydrogens (primary N) is 2. The largest absolute Gasteiger partial charge is 0.379 e. The molecule has 1 atom stereocenters. The predicted octanol–water partition coefficient (Wildman–Crippen LogP) is 0.411. The number of rotatable bonds is 9. The van der Waals surface area contributed by atoms with E-state index in [2.05, 4.69) is 0 Å². The normalized spacial score (nSPS) is 15.1. The maximum atomic E-state index is 10.9. The second-order valence-electron chi connectivity index (χ2n) is 4.42. The van der Waals surface area contributed by atoms with Gasteiger partial charge in [-0.05, 0) is 33.6 Å². The van der Waals surface area contributed by atoms with Gasteiger partial charge in [-0.25, -0.2) is 0 Å². The lowest BCUT2D eigenvalue weighted by Gasteiger charge is -2.19. The third-order valence-electron chi connectivity index (χ3n) is 2.23. The molecule has 1 unspecified atom stereocenters. The van der Waals surface area contributed by atoms with Crippen molar-refractivity contribution in [3.8, 4) is 0 Å². The van der Waals surface area contributed by atoms with Crippen molar-refractivity contribution in [2.24, 2.45) is 11.5 Å². The van der Waals surface area contributed by atoms with Crippen LogP contribution in [-0.4, -0.2) is 37.4 Å². The molecule has 0 aliphatic carbocycles. The standard InChI is InChI=1S/C11H24N2O3/c1-9(2)16-8-7-15-6-4-5-11(3,13)10(12)14/h9H,4-8,13H2,1-3H3,(H2,12,14). The number of amides is 1. The van der Waals surface area contributed by atoms with Gasteiger partial charge in [0.15, 0.2) is 0 Å². The van der Waals surface area contributed by atoms with Crippen molar-refractivity contribution in [3.63, 3.8) is 0 Å². The van der Waals surface area contributed by atoms with E-state index in [4.69, 9.17) is 20.9 Å². The van der Waals surface area contributed by atoms with Crippen LogP contribution in [0.15, 0.2) is 0 Å². The summed E-state index contributed by atoms with van der Waals surface area (Å²) in [5, 5.41) is 0. The first kappa shape index (κ1) is 15.3. The van der Waals surface area contributed by atoms with Gasteiger partial charge >= 0.3 is 0 Å². The second kappa shape index (κ2) is 7.60. The van der Waals surface area contributed by atoms with E-state index in [-0.39, 0.29) is 6.10 Å². The molecule has 0 aliphatic rings. The first-order valence-corrected chi connectivity index (χ1v) is 5.64. The van der Waals surface area contributed by atoms with Crippen LogP contribution >= 0.6 is 0 Å². The highest BCUT2D eigenvalue weighted by Crippen LogP contribution is 2.07. The number of ether oxygens (including phenoxy) is 2. The van der Waals surface area contributed by atoms with Crippen molar-refractivity contribution < 1.29 is 14.3 Å². The summed E-state index contributed by atoms with van der Waals surface area (Å²) in [7, 11) is 0. The van der Waals surface area contributed by atoms with Gasteiger partial charge in [-0.1, -0.05) is 0 Å². The van der Waals surface area contributed by atoms with Crippen LogP contribution in [-0.2, 0) is 14.3 Å². The van der Waals surface area contributed by atoms with E-state index in [0.717, 1.165) is 6.42 Å². The molecule has 0 spiro atoms. The van der Waals surface area contributed by atoms with E-state index in [1.54, 1.807) is 6.92 Å². The summed E-state index contributed by atoms with van der Waals surface area (Å²) in [6.45, 7) is 7.32. The Hall–Kier alpha value is -0.650. The number of hydrogen-bond acceptors (Lipinski definition) is 4. The topological polar surface area (TPSA) is 87.6 Å². The van der Waals surface area contributed by atoms with Gasteiger partial charge in [0, 0.05) is 6.61 Å². The molecule has 0 radical (unpaired) electrons. The molecule has 16 heavy (non-hydrogen) atoms. The Bertz CT molecular complexity index is 205. The van der Waals surface area contributed by atoms with Crippen molar-refractivity contribution in [1.29, 1.82) is 0 Å². The zero-order valence-electron chi connectivity index (χ0n) is 10.5. The van der Waals surface area contributed by atoms with Gasteiger partial charge in [-0.15, -0.1) is 0 Å². The minimum absolute atomic E-state index is 0.228. The van der Waals surface area contributed by atoms with Crippen LogP contribution in [0.4, 0.5) is 0 Å². The molecule has 0 fully saturated rings. The molecule has 5 heteroatoms. The highest BCUT2D eigenvalue weighted by Gasteiger charge is 2.24. The maximum absolute atomic E-state index is 10.9. The second-order valence-corrected chi connectivity index (χ2v) is 4.42. The Balaban J connectivity index is 3.37. The smallest absolute Gasteiger partial charge is 0.237 e. The highest BCUT2D eigenvalue weighted by atomic mass is 16.5. The van der Waals surface area contributed by atoms with Gasteiger partial charge in [0.2, 0.25) is 5.91 Å². The van der Waals surface area contributed by atoms with E-state index in [1.165, 1.54) is 0 Å². The quantitative estimate of drug-likeness (QED) is 0.564. The molecule has 0 aliphatic heterocycles. The Morgan fingerprint density at radius 2 is 1.94 bits per heavy atom. The minimum Gasteiger partial charge on any atom is -0.379 e. The highest BCUT2D eigenvalue weighted by molar-refractivity contribution is 5.83. The van der Waals surface area contributed by atoms with E-state index < -0.39 is 11.4 Å². The van der Waals surface area contributed by atoms with Gasteiger partial charge in [0.1, 0.15) is 0 Å². The van der Waals surface area contributed by atoms with Crippen LogP contribution < -0.4 is 11.5 Å². The number of hydrogen-bond donors (Lipinski definition) is 2. The zero-order valence-corrected chi connectivity index (χ0v) is 10.5. The molecule has 1 amide bonds. The number of primary amides is 1. The molecule has 4 N–H and O–H groups in total. The molecule has 0 saturated heterocycles. The van der Waals surface area contributed by atoms with E-state index in [9.17, 15) is 4.79 Å². The zero-order chi connectivity index (χ0) is 12.6. The summed E-state index contributed by atoms with van der Waals surface area (Å²) in [6.07, 6.45) is 1.48. The van der Waals surface area contributed by atoms with Crippen LogP contribution in [0.1, 0.15) is 33.6 Å². The number of carbonyl (C=O) groups excluding carboxylic acids is 1. The molecular weight excluding hydrogens is 208 g/mol. The summed E-state index contributed by atoms with van der Waals surface area (Å²) in [5.41, 5.74) is 9.89. The van der Waals surface area contributed by atoms with E-state index in [1.807, 2.05) is 13.8 Å². The van der Waals surface area contributed by atoms with Gasteiger partial charge in [0.25, 0.3) is 0 Å². The monoisotopic (exact) mass is 232 g/mol. The molecular formula is C11H24N2O3. The van der Waals surface area contributed by atoms with Gasteiger partial charge in [0.05, 0.1) is 24.9 Å². The Labute approximate surface area is 97.5 Å². The molecule has 0 saturated carbocycles. The average molecular weight is 232 g/mol. The summed E-state index contributed by atoms with van der Waals surface area (Å²) in [4.78, 5) is 10.9. The molecule has 0 bridgehead atoms. The van der Waals surface area contributed by atoms with Gasteiger partial charge in [-0.2, -0.15) is 0 Å². The van der Waals surface area contributed by atoms with Crippen molar-refractivity contribution in [1.82, 2.24) is 0 Å². The molecule has 0 aromatic heterocycles. The van der Waals surface area contributed by atoms with Crippen molar-refractivity contribution >= 4 is 5.91 Å². The fourth-order valence-electron chi connectivity index (χ4n) is 1.11. The van der Waals surface area contributed by atoms with E-state index >= 15 is 0 Å². The predicted molar refractivity (Wildman–Crippen MR) is 62.9 cm³/mol. The first-order chi connectivity index (χ1) is 7.36. The third-order valence-corrected chi connectivity index (χ3v) is 2.23. The minimum atomic E-state index is -0.933. The molecule has 0 rings (SSSR count). The van der Waals surface area contributed by atoms with Crippen molar-refractivity contribution in [3.05, 3.63) is 0 Å². The van der Waals surface area contributed by atoms with Crippen LogP contribution in [0, 0.1) is 0 Å². The van der Waals surface area contributed by atoms with Crippen LogP contribution in [0.5, 0.6) is 0 Å². The fourth-order valence-corrected chi connectivity index (χ4v) is 1.11. The lowest BCUT2D eigenvalue weighted by molar-refractivity contribution is -0.122. The van der Waals surface area contributed by atoms with Crippen molar-refractivity contribution in [2.45, 2.75) is 45.3 Å². The Morgan fingerprint density at radius 1 is 1.31 bits per heavy atom. The van der Waals surface area contributed by atoms with Crippen LogP contribution in [0.3, 0.4) is 0 Å². The first-order valence-electron chi connectivity index (χ1n) is 5.64. The van der Waals surface area contributed by atoms with Crippen LogP contribution in [0.25, 0.3) is 0 Å². The summed E-state index contributed by atoms with van der Waals surface area (Å²) in [5.74, 6) is -0.476. The lowest BCUT2D eigenvalue weighted by atomic mass is 9.97. The number of carbonyl (C=O) groups is 1. The van der Waals surface area contributed by atoms with Gasteiger partial charge in [-0.3, -0.25) is 4.79 Å². The maximum Gasteiger partial charge on any atom is 0.237 e. The van der Waals surface area contributed by atoms with Crippen LogP contribution in [0.2, 0.25) is 0 Å². The summed E-state index contributed by atoms with van der Waals surface area (Å²) < 4.78 is 10.6.